The first-order valence-electron chi connectivity index (χ1n) is 13.1. The van der Waals surface area contributed by atoms with E-state index in [-0.39, 0.29) is 36.6 Å². The molecule has 1 aromatic rings. The van der Waals surface area contributed by atoms with Gasteiger partial charge in [-0.3, -0.25) is 14.6 Å². The summed E-state index contributed by atoms with van der Waals surface area (Å²) in [6.45, 7) is 3.45. The van der Waals surface area contributed by atoms with Crippen LogP contribution in [0.2, 0.25) is 0 Å². The number of hydrogen-bond donors (Lipinski definition) is 2. The van der Waals surface area contributed by atoms with Gasteiger partial charge in [-0.25, -0.2) is 17.1 Å². The number of anilines is 1. The number of amidine groups is 1. The SMILES string of the molecule is CC(=O)Nc1ccc(CCS(=O)(=O)N2CCC3(CC2)N=C(C2CCC(C=CCF)CC2)NC3=O)c(C)c1. The van der Waals surface area contributed by atoms with Gasteiger partial charge in [-0.15, -0.1) is 0 Å². The summed E-state index contributed by atoms with van der Waals surface area (Å²) in [4.78, 5) is 29.0. The standard InChI is InChI=1S/C27H37FN4O4S/c1-19-18-24(29-20(2)33)10-9-22(19)11-17-37(35,36)32-15-12-27(13-16-32)26(34)30-25(31-27)23-7-5-21(6-8-23)4-3-14-28/h3-4,9-10,18,21,23H,5-8,11-17H2,1-2H3,(H,29,33)(H,30,31,34). The van der Waals surface area contributed by atoms with Gasteiger partial charge in [0.15, 0.2) is 0 Å². The number of aryl methyl sites for hydroxylation is 2. The van der Waals surface area contributed by atoms with Crippen molar-refractivity contribution in [1.82, 2.24) is 9.62 Å². The number of benzene rings is 1. The van der Waals surface area contributed by atoms with Crippen molar-refractivity contribution >= 4 is 33.4 Å². The molecule has 0 radical (unpaired) electrons. The van der Waals surface area contributed by atoms with Gasteiger partial charge in [-0.05, 0) is 81.0 Å². The van der Waals surface area contributed by atoms with Gasteiger partial charge in [-0.1, -0.05) is 18.2 Å². The van der Waals surface area contributed by atoms with Crippen LogP contribution in [0.5, 0.6) is 0 Å². The van der Waals surface area contributed by atoms with E-state index >= 15 is 0 Å². The second kappa shape index (κ2) is 11.4. The number of rotatable bonds is 8. The number of allylic oxidation sites excluding steroid dienone is 2. The fourth-order valence-corrected chi connectivity index (χ4v) is 7.14. The molecule has 37 heavy (non-hydrogen) atoms. The van der Waals surface area contributed by atoms with Crippen molar-refractivity contribution in [1.29, 1.82) is 0 Å². The van der Waals surface area contributed by atoms with E-state index in [1.165, 1.54) is 11.2 Å². The largest absolute Gasteiger partial charge is 0.326 e. The van der Waals surface area contributed by atoms with Gasteiger partial charge < -0.3 is 10.6 Å². The minimum absolute atomic E-state index is 0.0128. The highest BCUT2D eigenvalue weighted by atomic mass is 32.2. The Balaban J connectivity index is 1.32. The zero-order valence-electron chi connectivity index (χ0n) is 21.6. The van der Waals surface area contributed by atoms with Gasteiger partial charge in [0, 0.05) is 31.6 Å². The molecule has 2 heterocycles. The van der Waals surface area contributed by atoms with Crippen molar-refractivity contribution in [3.8, 4) is 0 Å². The zero-order chi connectivity index (χ0) is 26.6. The van der Waals surface area contributed by atoms with E-state index in [2.05, 4.69) is 10.6 Å². The van der Waals surface area contributed by atoms with E-state index in [1.807, 2.05) is 25.1 Å². The van der Waals surface area contributed by atoms with Gasteiger partial charge in [0.1, 0.15) is 18.0 Å². The van der Waals surface area contributed by atoms with E-state index in [4.69, 9.17) is 4.99 Å². The number of amides is 2. The van der Waals surface area contributed by atoms with Crippen LogP contribution in [0.3, 0.4) is 0 Å². The molecule has 2 aliphatic heterocycles. The molecule has 0 unspecified atom stereocenters. The summed E-state index contributed by atoms with van der Waals surface area (Å²) in [5, 5.41) is 5.74. The molecule has 0 bridgehead atoms. The Bertz CT molecular complexity index is 1180. The van der Waals surface area contributed by atoms with E-state index in [0.29, 0.717) is 30.9 Å². The average molecular weight is 533 g/mol. The lowest BCUT2D eigenvalue weighted by molar-refractivity contribution is -0.125. The topological polar surface area (TPSA) is 108 Å². The lowest BCUT2D eigenvalue weighted by atomic mass is 9.81. The maximum absolute atomic E-state index is 13.1. The predicted octanol–water partition coefficient (Wildman–Crippen LogP) is 3.52. The summed E-state index contributed by atoms with van der Waals surface area (Å²) in [5.41, 5.74) is 1.67. The summed E-state index contributed by atoms with van der Waals surface area (Å²) >= 11 is 0. The van der Waals surface area contributed by atoms with Crippen LogP contribution in [0.25, 0.3) is 0 Å². The molecule has 10 heteroatoms. The van der Waals surface area contributed by atoms with Gasteiger partial charge in [0.25, 0.3) is 5.91 Å². The van der Waals surface area contributed by atoms with Crippen molar-refractivity contribution < 1.29 is 22.4 Å². The van der Waals surface area contributed by atoms with Crippen LogP contribution in [0.4, 0.5) is 10.1 Å². The summed E-state index contributed by atoms with van der Waals surface area (Å²) in [6, 6.07) is 5.48. The van der Waals surface area contributed by atoms with Gasteiger partial charge in [-0.2, -0.15) is 0 Å². The van der Waals surface area contributed by atoms with Crippen LogP contribution in [-0.4, -0.2) is 61.4 Å². The van der Waals surface area contributed by atoms with Gasteiger partial charge >= 0.3 is 0 Å². The number of aliphatic imine (C=N–C) groups is 1. The smallest absolute Gasteiger partial charge is 0.253 e. The van der Waals surface area contributed by atoms with E-state index in [0.717, 1.165) is 42.6 Å². The first-order chi connectivity index (χ1) is 17.6. The number of sulfonamides is 1. The predicted molar refractivity (Wildman–Crippen MR) is 143 cm³/mol. The number of carbonyl (C=O) groups is 2. The lowest BCUT2D eigenvalue weighted by Gasteiger charge is -2.34. The Kier molecular flexibility index (Phi) is 8.48. The van der Waals surface area contributed by atoms with Crippen LogP contribution < -0.4 is 10.6 Å². The molecule has 2 N–H and O–H groups in total. The zero-order valence-corrected chi connectivity index (χ0v) is 22.4. The fourth-order valence-electron chi connectivity index (χ4n) is 5.66. The molecule has 2 amide bonds. The highest BCUT2D eigenvalue weighted by Gasteiger charge is 2.48. The van der Waals surface area contributed by atoms with Crippen LogP contribution >= 0.6 is 0 Å². The van der Waals surface area contributed by atoms with Crippen molar-refractivity contribution in [2.75, 3.05) is 30.8 Å². The number of halogens is 1. The molecule has 2 fully saturated rings. The molecule has 4 rings (SSSR count). The Labute approximate surface area is 218 Å². The van der Waals surface area contributed by atoms with Crippen molar-refractivity contribution in [3.63, 3.8) is 0 Å². The van der Waals surface area contributed by atoms with Gasteiger partial charge in [0.05, 0.1) is 5.75 Å². The first kappa shape index (κ1) is 27.4. The summed E-state index contributed by atoms with van der Waals surface area (Å²) in [7, 11) is -3.49. The summed E-state index contributed by atoms with van der Waals surface area (Å²) in [6.07, 6.45) is 8.36. The van der Waals surface area contributed by atoms with Crippen LogP contribution in [0.15, 0.2) is 35.3 Å². The van der Waals surface area contributed by atoms with Crippen molar-refractivity contribution in [3.05, 3.63) is 41.5 Å². The number of alkyl halides is 1. The number of carbonyl (C=O) groups excluding carboxylic acids is 2. The Morgan fingerprint density at radius 2 is 1.95 bits per heavy atom. The second-order valence-electron chi connectivity index (χ2n) is 10.5. The molecular weight excluding hydrogens is 495 g/mol. The normalized spacial score (nSPS) is 24.3. The maximum atomic E-state index is 13.1. The third kappa shape index (κ3) is 6.46. The number of hydrogen-bond acceptors (Lipinski definition) is 5. The molecule has 1 aromatic carbocycles. The molecular formula is C27H37FN4O4S. The lowest BCUT2D eigenvalue weighted by Crippen LogP contribution is -2.51. The van der Waals surface area contributed by atoms with E-state index in [1.54, 1.807) is 12.1 Å². The minimum atomic E-state index is -3.49. The van der Waals surface area contributed by atoms with Crippen LogP contribution in [0, 0.1) is 18.8 Å². The Hall–Kier alpha value is -2.59. The van der Waals surface area contributed by atoms with E-state index in [9.17, 15) is 22.4 Å². The first-order valence-corrected chi connectivity index (χ1v) is 14.7. The molecule has 1 aliphatic carbocycles. The molecule has 0 aromatic heterocycles. The van der Waals surface area contributed by atoms with E-state index < -0.39 is 22.2 Å². The molecule has 0 atom stereocenters. The average Bonchev–Trinajstić information content (AvgIpc) is 3.17. The quantitative estimate of drug-likeness (QED) is 0.500. The third-order valence-electron chi connectivity index (χ3n) is 7.89. The monoisotopic (exact) mass is 532 g/mol. The van der Waals surface area contributed by atoms with Crippen LogP contribution in [0.1, 0.15) is 56.6 Å². The number of piperidine rings is 1. The second-order valence-corrected chi connectivity index (χ2v) is 12.6. The number of nitrogens with one attached hydrogen (secondary N) is 2. The molecule has 3 aliphatic rings. The summed E-state index contributed by atoms with van der Waals surface area (Å²) in [5.74, 6) is 1.04. The fraction of sp³-hybridized carbons (Fsp3) is 0.593. The van der Waals surface area contributed by atoms with Crippen LogP contribution in [-0.2, 0) is 26.0 Å². The highest BCUT2D eigenvalue weighted by Crippen LogP contribution is 2.36. The molecule has 1 saturated carbocycles. The van der Waals surface area contributed by atoms with Crippen molar-refractivity contribution in [2.24, 2.45) is 16.8 Å². The molecule has 202 valence electrons. The Morgan fingerprint density at radius 3 is 2.57 bits per heavy atom. The third-order valence-corrected chi connectivity index (χ3v) is 9.76. The molecule has 8 nitrogen and oxygen atoms in total. The maximum Gasteiger partial charge on any atom is 0.253 e. The molecule has 1 spiro atoms. The highest BCUT2D eigenvalue weighted by molar-refractivity contribution is 7.89. The Morgan fingerprint density at radius 1 is 1.24 bits per heavy atom. The summed E-state index contributed by atoms with van der Waals surface area (Å²) < 4.78 is 40.1. The van der Waals surface area contributed by atoms with Crippen molar-refractivity contribution in [2.45, 2.75) is 64.3 Å². The van der Waals surface area contributed by atoms with Gasteiger partial charge in [0.2, 0.25) is 15.9 Å². The number of nitrogens with zero attached hydrogens (tertiary/aromatic N) is 2. The molecule has 1 saturated heterocycles. The minimum Gasteiger partial charge on any atom is -0.326 e.